The maximum atomic E-state index is 13.4. The lowest BCUT2D eigenvalue weighted by atomic mass is 10.0. The summed E-state index contributed by atoms with van der Waals surface area (Å²) in [5, 5.41) is 0. The summed E-state index contributed by atoms with van der Waals surface area (Å²) in [4.78, 5) is 38.9. The molecule has 1 aliphatic rings. The van der Waals surface area contributed by atoms with Crippen molar-refractivity contribution < 1.29 is 32.3 Å². The van der Waals surface area contributed by atoms with Gasteiger partial charge in [-0.15, -0.1) is 0 Å². The van der Waals surface area contributed by atoms with Gasteiger partial charge in [-0.3, -0.25) is 19.3 Å². The molecule has 0 saturated carbocycles. The largest absolute Gasteiger partial charge is 0.497 e. The summed E-state index contributed by atoms with van der Waals surface area (Å²) < 4.78 is 35.2. The van der Waals surface area contributed by atoms with Crippen LogP contribution >= 0.6 is 0 Å². The Kier molecular flexibility index (Phi) is 7.22. The Hall–Kier alpha value is -3.20. The topological polar surface area (TPSA) is 107 Å². The third-order valence-corrected chi connectivity index (χ3v) is 8.28. The molecule has 1 aliphatic heterocycles. The second-order valence-electron chi connectivity index (χ2n) is 7.89. The average Bonchev–Trinajstić information content (AvgIpc) is 3.06. The van der Waals surface area contributed by atoms with Gasteiger partial charge >= 0.3 is 5.97 Å². The molecule has 2 amide bonds. The predicted molar refractivity (Wildman–Crippen MR) is 121 cm³/mol. The van der Waals surface area contributed by atoms with Gasteiger partial charge in [-0.1, -0.05) is 12.1 Å². The Morgan fingerprint density at radius 1 is 0.970 bits per heavy atom. The van der Waals surface area contributed by atoms with E-state index in [1.54, 1.807) is 31.2 Å². The smallest absolute Gasteiger partial charge is 0.327 e. The van der Waals surface area contributed by atoms with E-state index >= 15 is 0 Å². The SMILES string of the molecule is CCOC(=O)C(C)(CCCCN1C(=O)c2ccccc2C1=O)S(=O)(=O)c1ccc(OC)cc1. The summed E-state index contributed by atoms with van der Waals surface area (Å²) in [6.45, 7) is 3.14. The van der Waals surface area contributed by atoms with E-state index in [4.69, 9.17) is 9.47 Å². The molecular formula is C24H27NO7S. The van der Waals surface area contributed by atoms with Crippen molar-refractivity contribution in [2.45, 2.75) is 42.8 Å². The maximum Gasteiger partial charge on any atom is 0.327 e. The fraction of sp³-hybridized carbons (Fsp3) is 0.375. The molecule has 0 N–H and O–H groups in total. The van der Waals surface area contributed by atoms with Crippen LogP contribution in [0.1, 0.15) is 53.8 Å². The van der Waals surface area contributed by atoms with Crippen molar-refractivity contribution in [3.05, 3.63) is 59.7 Å². The summed E-state index contributed by atoms with van der Waals surface area (Å²) in [6, 6.07) is 12.4. The van der Waals surface area contributed by atoms with Crippen LogP contribution in [0.5, 0.6) is 5.75 Å². The summed E-state index contributed by atoms with van der Waals surface area (Å²) in [6.07, 6.45) is 0.611. The van der Waals surface area contributed by atoms with Crippen molar-refractivity contribution in [3.8, 4) is 5.75 Å². The lowest BCUT2D eigenvalue weighted by Gasteiger charge is -2.27. The lowest BCUT2D eigenvalue weighted by Crippen LogP contribution is -2.45. The van der Waals surface area contributed by atoms with Crippen LogP contribution in [-0.4, -0.2) is 56.1 Å². The van der Waals surface area contributed by atoms with E-state index in [0.717, 1.165) is 4.90 Å². The van der Waals surface area contributed by atoms with Crippen LogP contribution in [-0.2, 0) is 19.4 Å². The summed E-state index contributed by atoms with van der Waals surface area (Å²) in [5.74, 6) is -1.07. The van der Waals surface area contributed by atoms with Crippen LogP contribution in [0.4, 0.5) is 0 Å². The molecule has 8 nitrogen and oxygen atoms in total. The zero-order chi connectivity index (χ0) is 24.2. The highest BCUT2D eigenvalue weighted by Gasteiger charge is 2.48. The van der Waals surface area contributed by atoms with Gasteiger partial charge in [0.25, 0.3) is 11.8 Å². The quantitative estimate of drug-likeness (QED) is 0.296. The number of ether oxygens (including phenoxy) is 2. The number of carbonyl (C=O) groups is 3. The molecule has 33 heavy (non-hydrogen) atoms. The molecule has 0 radical (unpaired) electrons. The minimum Gasteiger partial charge on any atom is -0.497 e. The lowest BCUT2D eigenvalue weighted by molar-refractivity contribution is -0.146. The molecule has 0 aromatic heterocycles. The van der Waals surface area contributed by atoms with Crippen molar-refractivity contribution in [3.63, 3.8) is 0 Å². The summed E-state index contributed by atoms with van der Waals surface area (Å²) in [7, 11) is -2.62. The maximum absolute atomic E-state index is 13.4. The van der Waals surface area contributed by atoms with Gasteiger partial charge in [0.1, 0.15) is 5.75 Å². The zero-order valence-electron chi connectivity index (χ0n) is 18.9. The minimum absolute atomic E-state index is 0.0146. The first kappa shape index (κ1) is 24.4. The van der Waals surface area contributed by atoms with Gasteiger partial charge in [0.2, 0.25) is 0 Å². The second kappa shape index (κ2) is 9.74. The summed E-state index contributed by atoms with van der Waals surface area (Å²) >= 11 is 0. The third kappa shape index (κ3) is 4.50. The highest BCUT2D eigenvalue weighted by molar-refractivity contribution is 7.93. The minimum atomic E-state index is -4.09. The van der Waals surface area contributed by atoms with E-state index in [1.165, 1.54) is 38.3 Å². The van der Waals surface area contributed by atoms with Gasteiger partial charge < -0.3 is 9.47 Å². The number of esters is 1. The van der Waals surface area contributed by atoms with Gasteiger partial charge in [0, 0.05) is 6.54 Å². The molecule has 176 valence electrons. The number of unbranched alkanes of at least 4 members (excludes halogenated alkanes) is 1. The molecule has 0 bridgehead atoms. The molecule has 0 saturated heterocycles. The first-order valence-corrected chi connectivity index (χ1v) is 12.2. The third-order valence-electron chi connectivity index (χ3n) is 5.83. The zero-order valence-corrected chi connectivity index (χ0v) is 19.7. The Morgan fingerprint density at radius 3 is 2.06 bits per heavy atom. The van der Waals surface area contributed by atoms with E-state index in [0.29, 0.717) is 23.3 Å². The first-order chi connectivity index (χ1) is 15.7. The van der Waals surface area contributed by atoms with Crippen LogP contribution in [0.3, 0.4) is 0 Å². The van der Waals surface area contributed by atoms with Gasteiger partial charge in [-0.05, 0) is 69.5 Å². The number of methoxy groups -OCH3 is 1. The molecular weight excluding hydrogens is 446 g/mol. The van der Waals surface area contributed by atoms with Crippen LogP contribution in [0, 0.1) is 0 Å². The molecule has 0 spiro atoms. The molecule has 0 fully saturated rings. The number of sulfone groups is 1. The van der Waals surface area contributed by atoms with Crippen molar-refractivity contribution in [1.29, 1.82) is 0 Å². The van der Waals surface area contributed by atoms with Gasteiger partial charge in [-0.25, -0.2) is 8.42 Å². The number of carbonyl (C=O) groups excluding carboxylic acids is 3. The van der Waals surface area contributed by atoms with Gasteiger partial charge in [0.15, 0.2) is 14.6 Å². The molecule has 2 aromatic carbocycles. The highest BCUT2D eigenvalue weighted by atomic mass is 32.2. The Morgan fingerprint density at radius 2 is 1.55 bits per heavy atom. The number of amides is 2. The molecule has 3 rings (SSSR count). The Bertz CT molecular complexity index is 1120. The average molecular weight is 474 g/mol. The Balaban J connectivity index is 1.73. The molecule has 9 heteroatoms. The van der Waals surface area contributed by atoms with Crippen LogP contribution in [0.2, 0.25) is 0 Å². The van der Waals surface area contributed by atoms with Crippen LogP contribution < -0.4 is 4.74 Å². The monoisotopic (exact) mass is 473 g/mol. The van der Waals surface area contributed by atoms with Crippen LogP contribution in [0.15, 0.2) is 53.4 Å². The summed E-state index contributed by atoms with van der Waals surface area (Å²) in [5.41, 5.74) is 0.724. The van der Waals surface area contributed by atoms with Crippen molar-refractivity contribution >= 4 is 27.6 Å². The molecule has 1 atom stereocenters. The van der Waals surface area contributed by atoms with Gasteiger partial charge in [-0.2, -0.15) is 0 Å². The number of fused-ring (bicyclic) bond motifs is 1. The van der Waals surface area contributed by atoms with Gasteiger partial charge in [0.05, 0.1) is 29.7 Å². The highest BCUT2D eigenvalue weighted by Crippen LogP contribution is 2.33. The molecule has 1 unspecified atom stereocenters. The van der Waals surface area contributed by atoms with E-state index in [2.05, 4.69) is 0 Å². The number of nitrogens with zero attached hydrogens (tertiary/aromatic N) is 1. The first-order valence-electron chi connectivity index (χ1n) is 10.7. The van der Waals surface area contributed by atoms with E-state index < -0.39 is 20.6 Å². The van der Waals surface area contributed by atoms with Crippen molar-refractivity contribution in [1.82, 2.24) is 4.90 Å². The fourth-order valence-corrected chi connectivity index (χ4v) is 5.53. The van der Waals surface area contributed by atoms with Crippen molar-refractivity contribution in [2.75, 3.05) is 20.3 Å². The van der Waals surface area contributed by atoms with E-state index in [-0.39, 0.29) is 42.7 Å². The standard InChI is InChI=1S/C24H27NO7S/c1-4-32-23(28)24(2,33(29,30)18-13-11-17(31-3)12-14-18)15-7-8-16-25-21(26)19-9-5-6-10-20(19)22(25)27/h5-6,9-14H,4,7-8,15-16H2,1-3H3. The normalized spacial score (nSPS) is 15.2. The van der Waals surface area contributed by atoms with Crippen molar-refractivity contribution in [2.24, 2.45) is 0 Å². The Labute approximate surface area is 193 Å². The van der Waals surface area contributed by atoms with Crippen LogP contribution in [0.25, 0.3) is 0 Å². The van der Waals surface area contributed by atoms with E-state index in [9.17, 15) is 22.8 Å². The number of hydrogen-bond acceptors (Lipinski definition) is 7. The number of benzene rings is 2. The number of rotatable bonds is 10. The number of imide groups is 1. The fourth-order valence-electron chi connectivity index (χ4n) is 3.82. The number of hydrogen-bond donors (Lipinski definition) is 0. The van der Waals surface area contributed by atoms with E-state index in [1.807, 2.05) is 0 Å². The molecule has 1 heterocycles. The predicted octanol–water partition coefficient (Wildman–Crippen LogP) is 3.26. The molecule has 2 aromatic rings. The second-order valence-corrected chi connectivity index (χ2v) is 10.3. The molecule has 0 aliphatic carbocycles.